The van der Waals surface area contributed by atoms with Crippen LogP contribution in [0.4, 0.5) is 0 Å². The maximum atomic E-state index is 11.2. The molecule has 0 aliphatic heterocycles. The fourth-order valence-corrected chi connectivity index (χ4v) is 0.949. The minimum Gasteiger partial charge on any atom is -0.377 e. The van der Waals surface area contributed by atoms with Crippen LogP contribution in [-0.2, 0) is 9.53 Å². The SMILES string of the molecule is CC(C)CNC(=O)CNCCOC(C)C. The van der Waals surface area contributed by atoms with Crippen molar-refractivity contribution < 1.29 is 9.53 Å². The van der Waals surface area contributed by atoms with Crippen LogP contribution >= 0.6 is 0 Å². The minimum absolute atomic E-state index is 0.0493. The van der Waals surface area contributed by atoms with Crippen molar-refractivity contribution in [2.75, 3.05) is 26.2 Å². The number of ether oxygens (including phenoxy) is 1. The van der Waals surface area contributed by atoms with Crippen LogP contribution in [0.1, 0.15) is 27.7 Å². The molecule has 4 heteroatoms. The van der Waals surface area contributed by atoms with Gasteiger partial charge in [-0.3, -0.25) is 4.79 Å². The predicted molar refractivity (Wildman–Crippen MR) is 61.8 cm³/mol. The Morgan fingerprint density at radius 2 is 1.93 bits per heavy atom. The van der Waals surface area contributed by atoms with E-state index in [1.54, 1.807) is 0 Å². The maximum Gasteiger partial charge on any atom is 0.233 e. The summed E-state index contributed by atoms with van der Waals surface area (Å²) in [4.78, 5) is 11.2. The molecule has 0 rings (SSSR count). The smallest absolute Gasteiger partial charge is 0.233 e. The summed E-state index contributed by atoms with van der Waals surface area (Å²) in [7, 11) is 0. The van der Waals surface area contributed by atoms with E-state index in [0.29, 0.717) is 25.6 Å². The van der Waals surface area contributed by atoms with E-state index in [0.717, 1.165) is 6.54 Å². The highest BCUT2D eigenvalue weighted by molar-refractivity contribution is 5.77. The van der Waals surface area contributed by atoms with Crippen molar-refractivity contribution >= 4 is 5.91 Å². The van der Waals surface area contributed by atoms with Crippen LogP contribution in [0.2, 0.25) is 0 Å². The van der Waals surface area contributed by atoms with Gasteiger partial charge in [0.1, 0.15) is 0 Å². The monoisotopic (exact) mass is 216 g/mol. The first-order valence-corrected chi connectivity index (χ1v) is 5.61. The molecule has 0 saturated carbocycles. The molecule has 0 fully saturated rings. The average molecular weight is 216 g/mol. The van der Waals surface area contributed by atoms with Gasteiger partial charge in [0.25, 0.3) is 0 Å². The van der Waals surface area contributed by atoms with E-state index in [1.807, 2.05) is 13.8 Å². The fraction of sp³-hybridized carbons (Fsp3) is 0.909. The van der Waals surface area contributed by atoms with Gasteiger partial charge in [-0.15, -0.1) is 0 Å². The van der Waals surface area contributed by atoms with Gasteiger partial charge in [0.05, 0.1) is 19.3 Å². The van der Waals surface area contributed by atoms with Gasteiger partial charge < -0.3 is 15.4 Å². The molecule has 0 unspecified atom stereocenters. The molecule has 0 aromatic rings. The largest absolute Gasteiger partial charge is 0.377 e. The third kappa shape index (κ3) is 11.3. The number of nitrogens with one attached hydrogen (secondary N) is 2. The van der Waals surface area contributed by atoms with Gasteiger partial charge in [0.2, 0.25) is 5.91 Å². The molecule has 15 heavy (non-hydrogen) atoms. The Labute approximate surface area is 92.8 Å². The molecule has 0 aliphatic rings. The molecule has 0 spiro atoms. The Bertz CT molecular complexity index is 170. The number of hydrogen-bond donors (Lipinski definition) is 2. The predicted octanol–water partition coefficient (Wildman–Crippen LogP) is 0.773. The minimum atomic E-state index is 0.0493. The highest BCUT2D eigenvalue weighted by atomic mass is 16.5. The fourth-order valence-electron chi connectivity index (χ4n) is 0.949. The number of carbonyl (C=O) groups excluding carboxylic acids is 1. The number of hydrogen-bond acceptors (Lipinski definition) is 3. The topological polar surface area (TPSA) is 50.4 Å². The first kappa shape index (κ1) is 14.4. The summed E-state index contributed by atoms with van der Waals surface area (Å²) in [6.45, 7) is 10.6. The van der Waals surface area contributed by atoms with Crippen LogP contribution in [-0.4, -0.2) is 38.3 Å². The second-order valence-corrected chi connectivity index (χ2v) is 4.29. The molecule has 0 bridgehead atoms. The molecule has 0 radical (unpaired) electrons. The summed E-state index contributed by atoms with van der Waals surface area (Å²) in [6.07, 6.45) is 0.251. The van der Waals surface area contributed by atoms with Crippen LogP contribution < -0.4 is 10.6 Å². The van der Waals surface area contributed by atoms with Crippen LogP contribution in [0.25, 0.3) is 0 Å². The highest BCUT2D eigenvalue weighted by Gasteiger charge is 2.01. The van der Waals surface area contributed by atoms with Crippen molar-refractivity contribution in [3.63, 3.8) is 0 Å². The van der Waals surface area contributed by atoms with Crippen molar-refractivity contribution in [2.45, 2.75) is 33.8 Å². The van der Waals surface area contributed by atoms with Gasteiger partial charge in [0.15, 0.2) is 0 Å². The molecular formula is C11H24N2O2. The van der Waals surface area contributed by atoms with Gasteiger partial charge in [-0.25, -0.2) is 0 Å². The second-order valence-electron chi connectivity index (χ2n) is 4.29. The zero-order chi connectivity index (χ0) is 11.7. The summed E-state index contributed by atoms with van der Waals surface area (Å²) in [6, 6.07) is 0. The lowest BCUT2D eigenvalue weighted by molar-refractivity contribution is -0.120. The van der Waals surface area contributed by atoms with Crippen LogP contribution in [0.3, 0.4) is 0 Å². The van der Waals surface area contributed by atoms with E-state index >= 15 is 0 Å². The molecule has 0 saturated heterocycles. The Hall–Kier alpha value is -0.610. The summed E-state index contributed by atoms with van der Waals surface area (Å²) in [5.74, 6) is 0.548. The standard InChI is InChI=1S/C11H24N2O2/c1-9(2)7-13-11(14)8-12-5-6-15-10(3)4/h9-10,12H,5-8H2,1-4H3,(H,13,14). The Morgan fingerprint density at radius 1 is 1.27 bits per heavy atom. The normalized spacial score (nSPS) is 11.1. The van der Waals surface area contributed by atoms with Gasteiger partial charge in [-0.1, -0.05) is 13.8 Å². The van der Waals surface area contributed by atoms with Crippen molar-refractivity contribution in [1.82, 2.24) is 10.6 Å². The third-order valence-electron chi connectivity index (χ3n) is 1.72. The van der Waals surface area contributed by atoms with E-state index < -0.39 is 0 Å². The molecule has 4 nitrogen and oxygen atoms in total. The van der Waals surface area contributed by atoms with Crippen molar-refractivity contribution in [2.24, 2.45) is 5.92 Å². The van der Waals surface area contributed by atoms with Crippen LogP contribution in [0.5, 0.6) is 0 Å². The quantitative estimate of drug-likeness (QED) is 0.589. The zero-order valence-corrected chi connectivity index (χ0v) is 10.3. The molecule has 0 aromatic carbocycles. The number of carbonyl (C=O) groups is 1. The molecule has 0 aromatic heterocycles. The Balaban J connectivity index is 3.24. The van der Waals surface area contributed by atoms with E-state index in [9.17, 15) is 4.79 Å². The summed E-state index contributed by atoms with van der Waals surface area (Å²) in [5.41, 5.74) is 0. The molecule has 1 amide bonds. The molecule has 0 heterocycles. The lowest BCUT2D eigenvalue weighted by atomic mass is 10.2. The average Bonchev–Trinajstić information content (AvgIpc) is 2.13. The molecular weight excluding hydrogens is 192 g/mol. The van der Waals surface area contributed by atoms with Crippen molar-refractivity contribution in [1.29, 1.82) is 0 Å². The summed E-state index contributed by atoms with van der Waals surface area (Å²) in [5, 5.41) is 5.87. The molecule has 90 valence electrons. The van der Waals surface area contributed by atoms with Crippen molar-refractivity contribution in [3.8, 4) is 0 Å². The Kier molecular flexibility index (Phi) is 8.33. The molecule has 0 aliphatic carbocycles. The Morgan fingerprint density at radius 3 is 2.47 bits per heavy atom. The zero-order valence-electron chi connectivity index (χ0n) is 10.3. The second kappa shape index (κ2) is 8.68. The van der Waals surface area contributed by atoms with E-state index in [1.165, 1.54) is 0 Å². The highest BCUT2D eigenvalue weighted by Crippen LogP contribution is 1.86. The number of amides is 1. The lowest BCUT2D eigenvalue weighted by Crippen LogP contribution is -2.37. The maximum absolute atomic E-state index is 11.2. The first-order valence-electron chi connectivity index (χ1n) is 5.61. The van der Waals surface area contributed by atoms with Gasteiger partial charge in [-0.05, 0) is 19.8 Å². The molecule has 2 N–H and O–H groups in total. The van der Waals surface area contributed by atoms with Crippen LogP contribution in [0.15, 0.2) is 0 Å². The number of rotatable bonds is 8. The van der Waals surface area contributed by atoms with E-state index in [2.05, 4.69) is 24.5 Å². The third-order valence-corrected chi connectivity index (χ3v) is 1.72. The van der Waals surface area contributed by atoms with E-state index in [-0.39, 0.29) is 12.0 Å². The summed E-state index contributed by atoms with van der Waals surface area (Å²) < 4.78 is 5.33. The lowest BCUT2D eigenvalue weighted by Gasteiger charge is -2.09. The van der Waals surface area contributed by atoms with Gasteiger partial charge in [0, 0.05) is 13.1 Å². The summed E-state index contributed by atoms with van der Waals surface area (Å²) >= 11 is 0. The van der Waals surface area contributed by atoms with Crippen LogP contribution in [0, 0.1) is 5.92 Å². The van der Waals surface area contributed by atoms with Crippen molar-refractivity contribution in [3.05, 3.63) is 0 Å². The van der Waals surface area contributed by atoms with Gasteiger partial charge in [-0.2, -0.15) is 0 Å². The van der Waals surface area contributed by atoms with Gasteiger partial charge >= 0.3 is 0 Å². The molecule has 0 atom stereocenters. The first-order chi connectivity index (χ1) is 7.02. The van der Waals surface area contributed by atoms with E-state index in [4.69, 9.17) is 4.74 Å².